The molecule has 0 radical (unpaired) electrons. The summed E-state index contributed by atoms with van der Waals surface area (Å²) in [6.45, 7) is 5.78. The van der Waals surface area contributed by atoms with Crippen molar-refractivity contribution in [2.75, 3.05) is 5.32 Å². The molecule has 27 heavy (non-hydrogen) atoms. The van der Waals surface area contributed by atoms with Gasteiger partial charge in [-0.1, -0.05) is 39.0 Å². The van der Waals surface area contributed by atoms with Gasteiger partial charge in [0.05, 0.1) is 6.33 Å². The van der Waals surface area contributed by atoms with Gasteiger partial charge in [0.2, 0.25) is 5.91 Å². The molecule has 8 heteroatoms. The summed E-state index contributed by atoms with van der Waals surface area (Å²) >= 11 is 0. The van der Waals surface area contributed by atoms with E-state index in [2.05, 4.69) is 31.1 Å². The summed E-state index contributed by atoms with van der Waals surface area (Å²) < 4.78 is 3.74. The zero-order valence-electron chi connectivity index (χ0n) is 16.1. The summed E-state index contributed by atoms with van der Waals surface area (Å²) in [5.74, 6) is -0.438. The van der Waals surface area contributed by atoms with Crippen molar-refractivity contribution >= 4 is 22.8 Å². The summed E-state index contributed by atoms with van der Waals surface area (Å²) in [6.07, 6.45) is 1.47. The Labute approximate surface area is 156 Å². The molecule has 2 heterocycles. The highest BCUT2D eigenvalue weighted by Crippen LogP contribution is 2.29. The minimum absolute atomic E-state index is 0.162. The van der Waals surface area contributed by atoms with Crippen LogP contribution in [-0.2, 0) is 30.8 Å². The fourth-order valence-electron chi connectivity index (χ4n) is 3.12. The highest BCUT2D eigenvalue weighted by Gasteiger charge is 2.20. The Morgan fingerprint density at radius 1 is 1.15 bits per heavy atom. The van der Waals surface area contributed by atoms with Gasteiger partial charge in [-0.25, -0.2) is 14.3 Å². The highest BCUT2D eigenvalue weighted by atomic mass is 16.2. The Kier molecular flexibility index (Phi) is 4.51. The number of rotatable bonds is 3. The largest absolute Gasteiger partial charge is 0.332 e. The monoisotopic (exact) mass is 369 g/mol. The summed E-state index contributed by atoms with van der Waals surface area (Å²) in [6, 6.07) is 7.50. The van der Waals surface area contributed by atoms with Crippen LogP contribution in [0.1, 0.15) is 26.3 Å². The molecular weight excluding hydrogens is 346 g/mol. The van der Waals surface area contributed by atoms with Crippen LogP contribution in [0.5, 0.6) is 0 Å². The maximum absolute atomic E-state index is 12.7. The number of aryl methyl sites for hydroxylation is 2. The molecule has 0 fully saturated rings. The number of benzene rings is 1. The van der Waals surface area contributed by atoms with Crippen LogP contribution >= 0.6 is 0 Å². The molecule has 0 saturated heterocycles. The van der Waals surface area contributed by atoms with Crippen LogP contribution in [0.25, 0.3) is 11.2 Å². The quantitative estimate of drug-likeness (QED) is 0.755. The van der Waals surface area contributed by atoms with Gasteiger partial charge in [-0.05, 0) is 17.0 Å². The van der Waals surface area contributed by atoms with Gasteiger partial charge in [0.15, 0.2) is 11.2 Å². The lowest BCUT2D eigenvalue weighted by molar-refractivity contribution is -0.116. The fourth-order valence-corrected chi connectivity index (χ4v) is 3.12. The average molecular weight is 369 g/mol. The second kappa shape index (κ2) is 6.53. The van der Waals surface area contributed by atoms with Crippen molar-refractivity contribution < 1.29 is 4.79 Å². The number of nitrogens with zero attached hydrogens (tertiary/aromatic N) is 4. The molecule has 3 aromatic rings. The number of nitrogens with one attached hydrogen (secondary N) is 1. The Hall–Kier alpha value is -3.16. The summed E-state index contributed by atoms with van der Waals surface area (Å²) in [5, 5.41) is 2.83. The second-order valence-corrected chi connectivity index (χ2v) is 7.60. The van der Waals surface area contributed by atoms with E-state index in [9.17, 15) is 14.4 Å². The van der Waals surface area contributed by atoms with Crippen molar-refractivity contribution in [1.29, 1.82) is 0 Å². The summed E-state index contributed by atoms with van der Waals surface area (Å²) in [7, 11) is 3.20. The molecule has 142 valence electrons. The average Bonchev–Trinajstić information content (AvgIpc) is 2.98. The van der Waals surface area contributed by atoms with Crippen LogP contribution in [0.4, 0.5) is 5.69 Å². The Morgan fingerprint density at radius 3 is 2.48 bits per heavy atom. The number of para-hydroxylation sites is 1. The van der Waals surface area contributed by atoms with Gasteiger partial charge in [-0.2, -0.15) is 0 Å². The van der Waals surface area contributed by atoms with E-state index in [0.29, 0.717) is 11.3 Å². The number of amides is 1. The Balaban J connectivity index is 1.98. The number of carbonyl (C=O) groups is 1. The first-order valence-corrected chi connectivity index (χ1v) is 8.61. The zero-order chi connectivity index (χ0) is 19.9. The topological polar surface area (TPSA) is 90.9 Å². The van der Waals surface area contributed by atoms with Crippen LogP contribution in [0.3, 0.4) is 0 Å². The molecule has 1 aromatic carbocycles. The van der Waals surface area contributed by atoms with Gasteiger partial charge >= 0.3 is 5.69 Å². The molecule has 0 aliphatic heterocycles. The van der Waals surface area contributed by atoms with Crippen LogP contribution in [0.15, 0.2) is 40.2 Å². The maximum atomic E-state index is 12.7. The third kappa shape index (κ3) is 3.30. The molecule has 0 atom stereocenters. The maximum Gasteiger partial charge on any atom is 0.332 e. The lowest BCUT2D eigenvalue weighted by Gasteiger charge is -2.23. The Morgan fingerprint density at radius 2 is 1.81 bits per heavy atom. The third-order valence-corrected chi connectivity index (χ3v) is 4.51. The van der Waals surface area contributed by atoms with Gasteiger partial charge in [0.25, 0.3) is 5.56 Å². The molecule has 0 bridgehead atoms. The lowest BCUT2D eigenvalue weighted by Crippen LogP contribution is -2.42. The van der Waals surface area contributed by atoms with Crippen LogP contribution < -0.4 is 16.6 Å². The molecule has 0 unspecified atom stereocenters. The second-order valence-electron chi connectivity index (χ2n) is 7.60. The van der Waals surface area contributed by atoms with Gasteiger partial charge in [-0.15, -0.1) is 0 Å². The molecule has 0 aliphatic rings. The number of hydrogen-bond acceptors (Lipinski definition) is 4. The summed E-state index contributed by atoms with van der Waals surface area (Å²) in [4.78, 5) is 41.9. The number of aromatic nitrogens is 4. The molecule has 0 aliphatic carbocycles. The van der Waals surface area contributed by atoms with E-state index in [1.807, 2.05) is 24.3 Å². The fraction of sp³-hybridized carbons (Fsp3) is 0.368. The number of fused-ring (bicyclic) bond motifs is 1. The van der Waals surface area contributed by atoms with E-state index < -0.39 is 17.2 Å². The minimum atomic E-state index is -0.578. The predicted molar refractivity (Wildman–Crippen MR) is 104 cm³/mol. The minimum Gasteiger partial charge on any atom is -0.328 e. The number of hydrogen-bond donors (Lipinski definition) is 1. The first-order valence-electron chi connectivity index (χ1n) is 8.61. The van der Waals surface area contributed by atoms with Crippen molar-refractivity contribution in [3.8, 4) is 0 Å². The standard InChI is InChI=1S/C19H23N5O3/c1-19(2,3)12-8-6-7-9-13(12)21-14(25)10-24-17(26)15-16(20-11-22(15)4)23(5)18(24)27/h6-9,11H,10H2,1-5H3,(H,21,25). The normalized spacial score (nSPS) is 11.7. The van der Waals surface area contributed by atoms with E-state index in [1.165, 1.54) is 17.9 Å². The summed E-state index contributed by atoms with van der Waals surface area (Å²) in [5.41, 5.74) is 0.937. The van der Waals surface area contributed by atoms with Crippen LogP contribution in [-0.4, -0.2) is 24.6 Å². The van der Waals surface area contributed by atoms with Crippen molar-refractivity contribution in [2.45, 2.75) is 32.7 Å². The molecular formula is C19H23N5O3. The van der Waals surface area contributed by atoms with Crippen LogP contribution in [0, 0.1) is 0 Å². The number of carbonyl (C=O) groups excluding carboxylic acids is 1. The van der Waals surface area contributed by atoms with E-state index >= 15 is 0 Å². The van der Waals surface area contributed by atoms with Gasteiger partial charge < -0.3 is 9.88 Å². The number of anilines is 1. The van der Waals surface area contributed by atoms with E-state index in [1.54, 1.807) is 11.6 Å². The van der Waals surface area contributed by atoms with Crippen molar-refractivity contribution in [3.63, 3.8) is 0 Å². The SMILES string of the molecule is Cn1cnc2c1c(=O)n(CC(=O)Nc1ccccc1C(C)(C)C)c(=O)n2C. The molecule has 1 amide bonds. The Bertz CT molecular complexity index is 1140. The van der Waals surface area contributed by atoms with E-state index in [0.717, 1.165) is 10.1 Å². The molecule has 1 N–H and O–H groups in total. The predicted octanol–water partition coefficient (Wildman–Crippen LogP) is 1.37. The first kappa shape index (κ1) is 18.6. The molecule has 0 saturated carbocycles. The molecule has 2 aromatic heterocycles. The van der Waals surface area contributed by atoms with Gasteiger partial charge in [0, 0.05) is 19.8 Å². The van der Waals surface area contributed by atoms with Crippen LogP contribution in [0.2, 0.25) is 0 Å². The lowest BCUT2D eigenvalue weighted by atomic mass is 9.86. The van der Waals surface area contributed by atoms with E-state index in [-0.39, 0.29) is 17.5 Å². The van der Waals surface area contributed by atoms with Crippen molar-refractivity contribution in [2.24, 2.45) is 14.1 Å². The number of imidazole rings is 1. The van der Waals surface area contributed by atoms with Gasteiger partial charge in [-0.3, -0.25) is 14.2 Å². The van der Waals surface area contributed by atoms with Gasteiger partial charge in [0.1, 0.15) is 6.54 Å². The molecule has 3 rings (SSSR count). The molecule has 0 spiro atoms. The van der Waals surface area contributed by atoms with Crippen molar-refractivity contribution in [3.05, 3.63) is 57.0 Å². The zero-order valence-corrected chi connectivity index (χ0v) is 16.1. The smallest absolute Gasteiger partial charge is 0.328 e. The first-order chi connectivity index (χ1) is 12.6. The van der Waals surface area contributed by atoms with Crippen molar-refractivity contribution in [1.82, 2.24) is 18.7 Å². The van der Waals surface area contributed by atoms with E-state index in [4.69, 9.17) is 0 Å². The third-order valence-electron chi connectivity index (χ3n) is 4.51. The molecule has 8 nitrogen and oxygen atoms in total. The highest BCUT2D eigenvalue weighted by molar-refractivity contribution is 5.91.